The van der Waals surface area contributed by atoms with Gasteiger partial charge in [0, 0.05) is 11.5 Å². The van der Waals surface area contributed by atoms with Crippen molar-refractivity contribution < 1.29 is 9.53 Å². The number of allylic oxidation sites excluding steroid dienone is 1. The third-order valence-electron chi connectivity index (χ3n) is 3.16. The van der Waals surface area contributed by atoms with E-state index in [-0.39, 0.29) is 11.5 Å². The Morgan fingerprint density at radius 3 is 2.65 bits per heavy atom. The Balaban J connectivity index is 2.44. The highest BCUT2D eigenvalue weighted by Crippen LogP contribution is 2.31. The molecule has 1 aliphatic carbocycles. The molecule has 1 fully saturated rings. The molecule has 0 saturated heterocycles. The van der Waals surface area contributed by atoms with Crippen LogP contribution in [0.25, 0.3) is 0 Å². The zero-order valence-corrected chi connectivity index (χ0v) is 11.7. The lowest BCUT2D eigenvalue weighted by Gasteiger charge is -2.18. The third-order valence-corrected chi connectivity index (χ3v) is 3.16. The number of Topliss-reactive ketones (excluding diaryl/α,β-unsaturated/α-hetero) is 1. The molecule has 0 N–H and O–H groups in total. The lowest BCUT2D eigenvalue weighted by molar-refractivity contribution is -0.118. The maximum Gasteiger partial charge on any atom is 0.164 e. The van der Waals surface area contributed by atoms with E-state index in [1.807, 2.05) is 20.8 Å². The standard InChI is InChI=1S/C15H26O2/c1-5-6-7-8-12-9-10-13(14(12)16)11-17-15(2,3)4/h11-12H,5-10H2,1-4H3/b13-11+. The Morgan fingerprint density at radius 1 is 1.35 bits per heavy atom. The van der Waals surface area contributed by atoms with Crippen LogP contribution in [0.5, 0.6) is 0 Å². The molecule has 1 rings (SSSR count). The van der Waals surface area contributed by atoms with E-state index in [0.29, 0.717) is 5.78 Å². The Morgan fingerprint density at radius 2 is 2.06 bits per heavy atom. The van der Waals surface area contributed by atoms with Gasteiger partial charge in [0.1, 0.15) is 0 Å². The highest BCUT2D eigenvalue weighted by molar-refractivity contribution is 5.99. The molecule has 98 valence electrons. The first-order valence-electron chi connectivity index (χ1n) is 6.85. The molecule has 0 aromatic rings. The average molecular weight is 238 g/mol. The Bertz CT molecular complexity index is 284. The summed E-state index contributed by atoms with van der Waals surface area (Å²) in [6, 6.07) is 0. The monoisotopic (exact) mass is 238 g/mol. The van der Waals surface area contributed by atoms with Gasteiger partial charge in [-0.1, -0.05) is 26.2 Å². The zero-order chi connectivity index (χ0) is 12.9. The largest absolute Gasteiger partial charge is 0.495 e. The molecule has 17 heavy (non-hydrogen) atoms. The van der Waals surface area contributed by atoms with E-state index in [4.69, 9.17) is 4.74 Å². The topological polar surface area (TPSA) is 26.3 Å². The van der Waals surface area contributed by atoms with Crippen LogP contribution in [0.15, 0.2) is 11.8 Å². The van der Waals surface area contributed by atoms with Crippen LogP contribution in [0.1, 0.15) is 66.2 Å². The van der Waals surface area contributed by atoms with E-state index in [0.717, 1.165) is 24.8 Å². The van der Waals surface area contributed by atoms with Crippen LogP contribution in [-0.4, -0.2) is 11.4 Å². The minimum Gasteiger partial charge on any atom is -0.495 e. The lowest BCUT2D eigenvalue weighted by atomic mass is 9.99. The van der Waals surface area contributed by atoms with Gasteiger partial charge in [-0.2, -0.15) is 0 Å². The SMILES string of the molecule is CCCCCC1CC/C(=C\OC(C)(C)C)C1=O. The number of carbonyl (C=O) groups is 1. The molecule has 0 spiro atoms. The molecule has 1 unspecified atom stereocenters. The quantitative estimate of drug-likeness (QED) is 0.407. The second kappa shape index (κ2) is 6.23. The second-order valence-electron chi connectivity index (χ2n) is 5.97. The van der Waals surface area contributed by atoms with Crippen LogP contribution in [-0.2, 0) is 9.53 Å². The van der Waals surface area contributed by atoms with Gasteiger partial charge in [0.05, 0.1) is 11.9 Å². The van der Waals surface area contributed by atoms with Crippen molar-refractivity contribution in [2.45, 2.75) is 71.8 Å². The number of unbranched alkanes of at least 4 members (excludes halogenated alkanes) is 2. The molecule has 0 radical (unpaired) electrons. The predicted molar refractivity (Wildman–Crippen MR) is 70.8 cm³/mol. The molecular weight excluding hydrogens is 212 g/mol. The van der Waals surface area contributed by atoms with Crippen molar-refractivity contribution >= 4 is 5.78 Å². The number of ketones is 1. The van der Waals surface area contributed by atoms with Gasteiger partial charge in [0.25, 0.3) is 0 Å². The third kappa shape index (κ3) is 4.93. The lowest BCUT2D eigenvalue weighted by Crippen LogP contribution is -2.16. The van der Waals surface area contributed by atoms with Crippen LogP contribution in [0.2, 0.25) is 0 Å². The molecule has 0 amide bonds. The summed E-state index contributed by atoms with van der Waals surface area (Å²) in [6.45, 7) is 8.20. The van der Waals surface area contributed by atoms with E-state index in [1.54, 1.807) is 6.26 Å². The summed E-state index contributed by atoms with van der Waals surface area (Å²) in [5, 5.41) is 0. The van der Waals surface area contributed by atoms with Crippen molar-refractivity contribution in [2.24, 2.45) is 5.92 Å². The summed E-state index contributed by atoms with van der Waals surface area (Å²) in [5.41, 5.74) is 0.689. The smallest absolute Gasteiger partial charge is 0.164 e. The van der Waals surface area contributed by atoms with Crippen molar-refractivity contribution in [3.8, 4) is 0 Å². The first kappa shape index (κ1) is 14.3. The van der Waals surface area contributed by atoms with Crippen molar-refractivity contribution in [1.82, 2.24) is 0 Å². The summed E-state index contributed by atoms with van der Waals surface area (Å²) < 4.78 is 5.57. The van der Waals surface area contributed by atoms with Gasteiger partial charge < -0.3 is 4.74 Å². The maximum atomic E-state index is 12.1. The van der Waals surface area contributed by atoms with Gasteiger partial charge in [0.2, 0.25) is 0 Å². The summed E-state index contributed by atoms with van der Waals surface area (Å²) in [6.07, 6.45) is 8.30. The predicted octanol–water partition coefficient (Wildman–Crippen LogP) is 4.24. The second-order valence-corrected chi connectivity index (χ2v) is 5.97. The number of carbonyl (C=O) groups excluding carboxylic acids is 1. The fraction of sp³-hybridized carbons (Fsp3) is 0.800. The Kier molecular flexibility index (Phi) is 5.23. The zero-order valence-electron chi connectivity index (χ0n) is 11.7. The van der Waals surface area contributed by atoms with Crippen molar-refractivity contribution in [2.75, 3.05) is 0 Å². The Labute approximate surface area is 105 Å². The van der Waals surface area contributed by atoms with Gasteiger partial charge in [-0.25, -0.2) is 0 Å². The van der Waals surface area contributed by atoms with Gasteiger partial charge in [-0.15, -0.1) is 0 Å². The van der Waals surface area contributed by atoms with E-state index in [1.165, 1.54) is 19.3 Å². The summed E-state index contributed by atoms with van der Waals surface area (Å²) in [5.74, 6) is 0.585. The van der Waals surface area contributed by atoms with Crippen LogP contribution in [0, 0.1) is 5.92 Å². The normalized spacial score (nSPS) is 23.4. The molecule has 0 heterocycles. The van der Waals surface area contributed by atoms with E-state index in [2.05, 4.69) is 6.92 Å². The molecule has 0 aliphatic heterocycles. The Hall–Kier alpha value is -0.790. The first-order valence-corrected chi connectivity index (χ1v) is 6.85. The highest BCUT2D eigenvalue weighted by atomic mass is 16.5. The summed E-state index contributed by atoms with van der Waals surface area (Å²) in [4.78, 5) is 12.1. The molecule has 0 aromatic heterocycles. The minimum absolute atomic E-state index is 0.201. The van der Waals surface area contributed by atoms with Crippen molar-refractivity contribution in [3.63, 3.8) is 0 Å². The van der Waals surface area contributed by atoms with Crippen LogP contribution >= 0.6 is 0 Å². The average Bonchev–Trinajstić information content (AvgIpc) is 2.57. The van der Waals surface area contributed by atoms with Crippen LogP contribution < -0.4 is 0 Å². The number of hydrogen-bond acceptors (Lipinski definition) is 2. The van der Waals surface area contributed by atoms with Gasteiger partial charge >= 0.3 is 0 Å². The van der Waals surface area contributed by atoms with Crippen LogP contribution in [0.4, 0.5) is 0 Å². The number of rotatable bonds is 5. The molecule has 0 aromatic carbocycles. The molecule has 2 heteroatoms. The van der Waals surface area contributed by atoms with Crippen molar-refractivity contribution in [1.29, 1.82) is 0 Å². The van der Waals surface area contributed by atoms with Crippen molar-refractivity contribution in [3.05, 3.63) is 11.8 Å². The summed E-state index contributed by atoms with van der Waals surface area (Å²) >= 11 is 0. The minimum atomic E-state index is -0.201. The molecule has 1 saturated carbocycles. The fourth-order valence-electron chi connectivity index (χ4n) is 2.13. The van der Waals surface area contributed by atoms with E-state index < -0.39 is 0 Å². The molecule has 0 bridgehead atoms. The fourth-order valence-corrected chi connectivity index (χ4v) is 2.13. The number of ether oxygens (including phenoxy) is 1. The van der Waals surface area contributed by atoms with E-state index in [9.17, 15) is 4.79 Å². The van der Waals surface area contributed by atoms with Gasteiger partial charge in [-0.05, 0) is 40.0 Å². The van der Waals surface area contributed by atoms with Gasteiger partial charge in [-0.3, -0.25) is 4.79 Å². The summed E-state index contributed by atoms with van der Waals surface area (Å²) in [7, 11) is 0. The maximum absolute atomic E-state index is 12.1. The number of hydrogen-bond donors (Lipinski definition) is 0. The molecular formula is C15H26O2. The molecule has 2 nitrogen and oxygen atoms in total. The molecule has 1 atom stereocenters. The first-order chi connectivity index (χ1) is 7.94. The van der Waals surface area contributed by atoms with Gasteiger partial charge in [0.15, 0.2) is 5.78 Å². The van der Waals surface area contributed by atoms with Crippen LogP contribution in [0.3, 0.4) is 0 Å². The molecule has 1 aliphatic rings. The highest BCUT2D eigenvalue weighted by Gasteiger charge is 2.29. The van der Waals surface area contributed by atoms with E-state index >= 15 is 0 Å².